The predicted octanol–water partition coefficient (Wildman–Crippen LogP) is 2.28. The zero-order chi connectivity index (χ0) is 23.1. The molecule has 2 aliphatic rings. The molecular formula is C24H25N7O2. The molecule has 0 saturated carbocycles. The van der Waals surface area contributed by atoms with Gasteiger partial charge in [-0.1, -0.05) is 6.07 Å². The summed E-state index contributed by atoms with van der Waals surface area (Å²) < 4.78 is 5.21. The summed E-state index contributed by atoms with van der Waals surface area (Å²) in [5.41, 5.74) is 7.18. The molecule has 1 aromatic carbocycles. The molecule has 0 amide bonds. The Morgan fingerprint density at radius 1 is 1.27 bits per heavy atom. The van der Waals surface area contributed by atoms with Crippen molar-refractivity contribution in [1.82, 2.24) is 30.2 Å². The molecular weight excluding hydrogens is 418 g/mol. The van der Waals surface area contributed by atoms with Crippen molar-refractivity contribution >= 4 is 5.97 Å². The summed E-state index contributed by atoms with van der Waals surface area (Å²) >= 11 is 0. The number of benzene rings is 1. The minimum absolute atomic E-state index is 0.165. The fourth-order valence-electron chi connectivity index (χ4n) is 4.54. The van der Waals surface area contributed by atoms with E-state index in [1.54, 1.807) is 11.0 Å². The van der Waals surface area contributed by atoms with Crippen LogP contribution in [0.5, 0.6) is 0 Å². The maximum atomic E-state index is 11.9. The highest BCUT2D eigenvalue weighted by atomic mass is 16.5. The number of aryl methyl sites for hydroxylation is 2. The van der Waals surface area contributed by atoms with Gasteiger partial charge in [0.25, 0.3) is 0 Å². The predicted molar refractivity (Wildman–Crippen MR) is 120 cm³/mol. The van der Waals surface area contributed by atoms with Crippen LogP contribution in [0.15, 0.2) is 24.4 Å². The van der Waals surface area contributed by atoms with E-state index in [2.05, 4.69) is 38.4 Å². The van der Waals surface area contributed by atoms with E-state index in [0.717, 1.165) is 47.7 Å². The lowest BCUT2D eigenvalue weighted by Gasteiger charge is -2.34. The van der Waals surface area contributed by atoms with Crippen molar-refractivity contribution in [3.05, 3.63) is 69.2 Å². The molecule has 2 aliphatic heterocycles. The van der Waals surface area contributed by atoms with Crippen LogP contribution in [-0.2, 0) is 17.9 Å². The van der Waals surface area contributed by atoms with Gasteiger partial charge in [0.15, 0.2) is 5.82 Å². The summed E-state index contributed by atoms with van der Waals surface area (Å²) in [4.78, 5) is 20.1. The molecule has 0 radical (unpaired) electrons. The summed E-state index contributed by atoms with van der Waals surface area (Å²) in [6.07, 6.45) is 1.56. The Morgan fingerprint density at radius 3 is 2.91 bits per heavy atom. The fourth-order valence-corrected chi connectivity index (χ4v) is 4.54. The van der Waals surface area contributed by atoms with Gasteiger partial charge < -0.3 is 10.1 Å². The van der Waals surface area contributed by atoms with Crippen molar-refractivity contribution in [3.63, 3.8) is 0 Å². The Hall–Kier alpha value is -3.61. The number of hydrogen-bond acceptors (Lipinski definition) is 8. The van der Waals surface area contributed by atoms with Crippen molar-refractivity contribution in [2.24, 2.45) is 0 Å². The highest BCUT2D eigenvalue weighted by molar-refractivity contribution is 5.94. The number of ether oxygens (including phenoxy) is 1. The molecule has 0 aliphatic carbocycles. The van der Waals surface area contributed by atoms with E-state index in [9.17, 15) is 4.79 Å². The van der Waals surface area contributed by atoms with Crippen molar-refractivity contribution < 1.29 is 9.53 Å². The zero-order valence-electron chi connectivity index (χ0n) is 18.9. The third-order valence-corrected chi connectivity index (χ3v) is 6.52. The van der Waals surface area contributed by atoms with Crippen molar-refractivity contribution in [2.45, 2.75) is 40.0 Å². The smallest absolute Gasteiger partial charge is 0.338 e. The van der Waals surface area contributed by atoms with Gasteiger partial charge in [0.05, 0.1) is 16.8 Å². The number of nitrogens with one attached hydrogen (secondary N) is 1. The normalized spacial score (nSPS) is 18.1. The first kappa shape index (κ1) is 21.2. The van der Waals surface area contributed by atoms with Crippen LogP contribution in [0.4, 0.5) is 0 Å². The number of piperazine rings is 1. The summed E-state index contributed by atoms with van der Waals surface area (Å²) in [6.45, 7) is 9.54. The Morgan fingerprint density at radius 2 is 2.12 bits per heavy atom. The molecule has 4 heterocycles. The molecule has 2 aromatic heterocycles. The van der Waals surface area contributed by atoms with Gasteiger partial charge >= 0.3 is 5.97 Å². The average molecular weight is 444 g/mol. The SMILES string of the molecule is Cc1cc(-n2nc(C)c(CN3CCN[C@H](c4ccc5c(c4C)COC5=O)C3)n2)ncc1C#N. The average Bonchev–Trinajstić information content (AvgIpc) is 3.37. The van der Waals surface area contributed by atoms with Crippen LogP contribution in [0.2, 0.25) is 0 Å². The Labute approximate surface area is 192 Å². The number of nitriles is 1. The van der Waals surface area contributed by atoms with Gasteiger partial charge in [0.1, 0.15) is 18.4 Å². The summed E-state index contributed by atoms with van der Waals surface area (Å²) in [6, 6.07) is 8.05. The van der Waals surface area contributed by atoms with E-state index in [-0.39, 0.29) is 12.0 Å². The number of fused-ring (bicyclic) bond motifs is 1. The number of rotatable bonds is 4. The molecule has 1 fully saturated rings. The lowest BCUT2D eigenvalue weighted by molar-refractivity contribution is 0.0535. The Balaban J connectivity index is 1.33. The molecule has 168 valence electrons. The lowest BCUT2D eigenvalue weighted by Crippen LogP contribution is -2.45. The standard InChI is InChI=1S/C24H25N7O2/c1-14-8-23(27-10-17(14)9-25)31-28-16(3)21(29-31)11-30-7-6-26-22(12-30)18-4-5-19-20(15(18)2)13-33-24(19)32/h4-5,8,10,22,26H,6-7,11-13H2,1-3H3/t22-/m0/s1. The van der Waals surface area contributed by atoms with Gasteiger partial charge in [-0.2, -0.15) is 15.5 Å². The van der Waals surface area contributed by atoms with Gasteiger partial charge in [0.2, 0.25) is 0 Å². The summed E-state index contributed by atoms with van der Waals surface area (Å²) in [5, 5.41) is 22.0. The molecule has 9 heteroatoms. The first-order chi connectivity index (χ1) is 15.9. The van der Waals surface area contributed by atoms with Gasteiger partial charge in [-0.05, 0) is 49.6 Å². The van der Waals surface area contributed by atoms with E-state index in [0.29, 0.717) is 30.1 Å². The monoisotopic (exact) mass is 443 g/mol. The number of nitrogens with zero attached hydrogens (tertiary/aromatic N) is 6. The van der Waals surface area contributed by atoms with E-state index < -0.39 is 0 Å². The van der Waals surface area contributed by atoms with Crippen molar-refractivity contribution in [3.8, 4) is 11.9 Å². The molecule has 0 bridgehead atoms. The largest absolute Gasteiger partial charge is 0.457 e. The van der Waals surface area contributed by atoms with E-state index in [1.165, 1.54) is 5.56 Å². The molecule has 1 N–H and O–H groups in total. The highest BCUT2D eigenvalue weighted by Crippen LogP contribution is 2.30. The van der Waals surface area contributed by atoms with Crippen molar-refractivity contribution in [2.75, 3.05) is 19.6 Å². The van der Waals surface area contributed by atoms with E-state index in [1.807, 2.05) is 32.0 Å². The van der Waals surface area contributed by atoms with Crippen LogP contribution in [0.3, 0.4) is 0 Å². The molecule has 0 spiro atoms. The Bertz CT molecular complexity index is 1290. The second kappa shape index (κ2) is 8.39. The first-order valence-corrected chi connectivity index (χ1v) is 11.0. The summed E-state index contributed by atoms with van der Waals surface area (Å²) in [5.74, 6) is 0.368. The van der Waals surface area contributed by atoms with Gasteiger partial charge in [-0.15, -0.1) is 4.80 Å². The van der Waals surface area contributed by atoms with Crippen LogP contribution in [0.25, 0.3) is 5.82 Å². The number of pyridine rings is 1. The quantitative estimate of drug-likeness (QED) is 0.612. The van der Waals surface area contributed by atoms with E-state index in [4.69, 9.17) is 10.00 Å². The lowest BCUT2D eigenvalue weighted by atomic mass is 9.93. The second-order valence-electron chi connectivity index (χ2n) is 8.61. The molecule has 5 rings (SSSR count). The van der Waals surface area contributed by atoms with Crippen LogP contribution < -0.4 is 5.32 Å². The maximum Gasteiger partial charge on any atom is 0.338 e. The fraction of sp³-hybridized carbons (Fsp3) is 0.375. The molecule has 1 atom stereocenters. The molecule has 0 unspecified atom stereocenters. The third kappa shape index (κ3) is 3.88. The minimum Gasteiger partial charge on any atom is -0.457 e. The number of hydrogen-bond donors (Lipinski definition) is 1. The number of carbonyl (C=O) groups excluding carboxylic acids is 1. The number of carbonyl (C=O) groups is 1. The molecule has 9 nitrogen and oxygen atoms in total. The topological polar surface area (TPSA) is 109 Å². The number of esters is 1. The van der Waals surface area contributed by atoms with Gasteiger partial charge in [-0.3, -0.25) is 4.90 Å². The van der Waals surface area contributed by atoms with Gasteiger partial charge in [0, 0.05) is 44.0 Å². The number of cyclic esters (lactones) is 1. The third-order valence-electron chi connectivity index (χ3n) is 6.52. The van der Waals surface area contributed by atoms with Crippen LogP contribution in [-0.4, -0.2) is 50.5 Å². The zero-order valence-corrected chi connectivity index (χ0v) is 18.9. The molecule has 3 aromatic rings. The van der Waals surface area contributed by atoms with Crippen LogP contribution in [0, 0.1) is 32.1 Å². The van der Waals surface area contributed by atoms with Crippen LogP contribution >= 0.6 is 0 Å². The summed E-state index contributed by atoms with van der Waals surface area (Å²) in [7, 11) is 0. The molecule has 33 heavy (non-hydrogen) atoms. The van der Waals surface area contributed by atoms with Gasteiger partial charge in [-0.25, -0.2) is 9.78 Å². The van der Waals surface area contributed by atoms with E-state index >= 15 is 0 Å². The maximum absolute atomic E-state index is 11.9. The molecule has 1 saturated heterocycles. The van der Waals surface area contributed by atoms with Crippen LogP contribution in [0.1, 0.15) is 55.6 Å². The first-order valence-electron chi connectivity index (χ1n) is 11.0. The highest BCUT2D eigenvalue weighted by Gasteiger charge is 2.28. The second-order valence-corrected chi connectivity index (χ2v) is 8.61. The number of aromatic nitrogens is 4. The van der Waals surface area contributed by atoms with Crippen molar-refractivity contribution in [1.29, 1.82) is 5.26 Å². The Kier molecular flexibility index (Phi) is 5.40. The minimum atomic E-state index is -0.233.